The van der Waals surface area contributed by atoms with Gasteiger partial charge in [-0.1, -0.05) is 23.5 Å². The number of nitrogens with zero attached hydrogens (tertiary/aromatic N) is 7. The van der Waals surface area contributed by atoms with Gasteiger partial charge in [0.15, 0.2) is 0 Å². The summed E-state index contributed by atoms with van der Waals surface area (Å²) < 4.78 is 34.9. The molecule has 2 aliphatic heterocycles. The first-order chi connectivity index (χ1) is 19.8. The lowest BCUT2D eigenvalue weighted by atomic mass is 10.1. The van der Waals surface area contributed by atoms with Gasteiger partial charge in [0, 0.05) is 36.7 Å². The fraction of sp³-hybridized carbons (Fsp3) is 0.393. The highest BCUT2D eigenvalue weighted by Gasteiger charge is 2.47. The molecule has 0 radical (unpaired) electrons. The van der Waals surface area contributed by atoms with Crippen molar-refractivity contribution in [2.24, 2.45) is 7.05 Å². The standard InChI is InChI=1S/C28H30F2N8O3S/c1-27(2,3)41-26(40)38-13-19(12-31-38)17-5-7-20(8-6-17)32-24-33-34-25(42-24)36-10-9-18-11-21(35(4)22(18)14-36)23(39)37-15-28(29,30)16-37/h5-8,11-13H,9-10,14-16H2,1-4H3,(H,32,33). The Morgan fingerprint density at radius 3 is 2.52 bits per heavy atom. The molecule has 0 spiro atoms. The average molecular weight is 597 g/mol. The van der Waals surface area contributed by atoms with Gasteiger partial charge in [-0.05, 0) is 56.5 Å². The van der Waals surface area contributed by atoms with E-state index in [-0.39, 0.29) is 5.91 Å². The number of rotatable bonds is 5. The van der Waals surface area contributed by atoms with Gasteiger partial charge in [0.05, 0.1) is 25.8 Å². The van der Waals surface area contributed by atoms with E-state index < -0.39 is 30.7 Å². The summed E-state index contributed by atoms with van der Waals surface area (Å²) >= 11 is 1.42. The highest BCUT2D eigenvalue weighted by molar-refractivity contribution is 7.19. The molecular formula is C28H30F2N8O3S. The molecule has 14 heteroatoms. The van der Waals surface area contributed by atoms with E-state index in [1.807, 2.05) is 30.3 Å². The third-order valence-corrected chi connectivity index (χ3v) is 8.01. The number of halogens is 2. The van der Waals surface area contributed by atoms with E-state index in [9.17, 15) is 18.4 Å². The number of nitrogens with one attached hydrogen (secondary N) is 1. The van der Waals surface area contributed by atoms with Gasteiger partial charge in [0.25, 0.3) is 11.8 Å². The van der Waals surface area contributed by atoms with Crippen LogP contribution in [0.1, 0.15) is 42.5 Å². The molecule has 0 atom stereocenters. The molecule has 42 heavy (non-hydrogen) atoms. The number of likely N-dealkylation sites (tertiary alicyclic amines) is 1. The molecule has 1 aromatic carbocycles. The topological polar surface area (TPSA) is 110 Å². The molecule has 4 aromatic rings. The van der Waals surface area contributed by atoms with Crippen molar-refractivity contribution in [2.45, 2.75) is 45.3 Å². The first kappa shape index (κ1) is 27.8. The minimum atomic E-state index is -2.80. The molecule has 3 aromatic heterocycles. The Hall–Kier alpha value is -4.33. The van der Waals surface area contributed by atoms with Crippen molar-refractivity contribution < 1.29 is 23.1 Å². The van der Waals surface area contributed by atoms with Crippen LogP contribution in [0.4, 0.5) is 29.5 Å². The van der Waals surface area contributed by atoms with E-state index in [2.05, 4.69) is 25.5 Å². The van der Waals surface area contributed by atoms with Crippen LogP contribution in [0.2, 0.25) is 0 Å². The SMILES string of the molecule is Cn1c(C(=O)N2CC(F)(F)C2)cc2c1CN(c1nnc(Nc3ccc(-c4cnn(C(=O)OC(C)(C)C)c4)cc3)s1)CC2. The van der Waals surface area contributed by atoms with Gasteiger partial charge in [-0.15, -0.1) is 10.2 Å². The summed E-state index contributed by atoms with van der Waals surface area (Å²) in [5.41, 5.74) is 4.32. The van der Waals surface area contributed by atoms with Gasteiger partial charge in [0.1, 0.15) is 11.3 Å². The molecule has 220 valence electrons. The van der Waals surface area contributed by atoms with Crippen molar-refractivity contribution in [3.8, 4) is 11.1 Å². The van der Waals surface area contributed by atoms with Crippen LogP contribution >= 0.6 is 11.3 Å². The normalized spacial score (nSPS) is 16.1. The summed E-state index contributed by atoms with van der Waals surface area (Å²) in [6.45, 7) is 5.58. The fourth-order valence-corrected chi connectivity index (χ4v) is 5.77. The largest absolute Gasteiger partial charge is 0.442 e. The van der Waals surface area contributed by atoms with Crippen LogP contribution in [0.25, 0.3) is 11.1 Å². The quantitative estimate of drug-likeness (QED) is 0.346. The summed E-state index contributed by atoms with van der Waals surface area (Å²) in [6, 6.07) is 9.48. The number of anilines is 3. The van der Waals surface area contributed by atoms with Crippen molar-refractivity contribution >= 4 is 39.3 Å². The van der Waals surface area contributed by atoms with Crippen LogP contribution in [0.3, 0.4) is 0 Å². The number of hydrogen-bond acceptors (Lipinski definition) is 9. The lowest BCUT2D eigenvalue weighted by molar-refractivity contribution is -0.113. The maximum atomic E-state index is 13.3. The maximum absolute atomic E-state index is 13.3. The van der Waals surface area contributed by atoms with Crippen LogP contribution < -0.4 is 10.2 Å². The Morgan fingerprint density at radius 2 is 1.83 bits per heavy atom. The van der Waals surface area contributed by atoms with Crippen LogP contribution in [-0.4, -0.2) is 72.6 Å². The predicted octanol–water partition coefficient (Wildman–Crippen LogP) is 4.92. The Bertz CT molecular complexity index is 1650. The third kappa shape index (κ3) is 5.58. The molecule has 6 rings (SSSR count). The summed E-state index contributed by atoms with van der Waals surface area (Å²) in [4.78, 5) is 28.3. The zero-order valence-electron chi connectivity index (χ0n) is 23.6. The Labute approximate surface area is 244 Å². The van der Waals surface area contributed by atoms with E-state index in [1.165, 1.54) is 20.9 Å². The van der Waals surface area contributed by atoms with Crippen LogP contribution in [-0.2, 0) is 24.8 Å². The number of fused-ring (bicyclic) bond motifs is 1. The second kappa shape index (κ2) is 10.2. The van der Waals surface area contributed by atoms with Gasteiger partial charge in [-0.2, -0.15) is 9.78 Å². The summed E-state index contributed by atoms with van der Waals surface area (Å²) in [7, 11) is 1.80. The van der Waals surface area contributed by atoms with E-state index >= 15 is 0 Å². The number of aromatic nitrogens is 5. The maximum Gasteiger partial charge on any atom is 0.435 e. The number of amides is 1. The smallest absolute Gasteiger partial charge is 0.435 e. The molecular weight excluding hydrogens is 566 g/mol. The van der Waals surface area contributed by atoms with E-state index in [4.69, 9.17) is 4.74 Å². The van der Waals surface area contributed by atoms with Gasteiger partial charge in [-0.25, -0.2) is 13.6 Å². The van der Waals surface area contributed by atoms with Crippen LogP contribution in [0.15, 0.2) is 42.7 Å². The molecule has 1 fully saturated rings. The number of hydrogen-bond donors (Lipinski definition) is 1. The van der Waals surface area contributed by atoms with Crippen molar-refractivity contribution in [1.82, 2.24) is 29.4 Å². The second-order valence-corrected chi connectivity index (χ2v) is 12.5. The van der Waals surface area contributed by atoms with Crippen LogP contribution in [0, 0.1) is 0 Å². The molecule has 1 N–H and O–H groups in total. The third-order valence-electron chi connectivity index (χ3n) is 7.11. The minimum Gasteiger partial charge on any atom is -0.442 e. The molecule has 5 heterocycles. The molecule has 0 aliphatic carbocycles. The molecule has 0 bridgehead atoms. The number of carbonyl (C=O) groups is 2. The zero-order valence-corrected chi connectivity index (χ0v) is 24.4. The van der Waals surface area contributed by atoms with Gasteiger partial charge in [0.2, 0.25) is 10.3 Å². The molecule has 0 saturated carbocycles. The predicted molar refractivity (Wildman–Crippen MR) is 154 cm³/mol. The van der Waals surface area contributed by atoms with Crippen LogP contribution in [0.5, 0.6) is 0 Å². The van der Waals surface area contributed by atoms with E-state index in [0.29, 0.717) is 30.3 Å². The number of benzene rings is 1. The zero-order chi connectivity index (χ0) is 29.8. The Kier molecular flexibility index (Phi) is 6.75. The Balaban J connectivity index is 1.09. The highest BCUT2D eigenvalue weighted by atomic mass is 32.1. The lowest BCUT2D eigenvalue weighted by Crippen LogP contribution is -2.58. The molecule has 11 nitrogen and oxygen atoms in total. The van der Waals surface area contributed by atoms with Crippen molar-refractivity contribution in [3.63, 3.8) is 0 Å². The lowest BCUT2D eigenvalue weighted by Gasteiger charge is -2.38. The first-order valence-corrected chi connectivity index (χ1v) is 14.3. The fourth-order valence-electron chi connectivity index (χ4n) is 4.98. The minimum absolute atomic E-state index is 0.366. The highest BCUT2D eigenvalue weighted by Crippen LogP contribution is 2.33. The summed E-state index contributed by atoms with van der Waals surface area (Å²) in [6.07, 6.45) is 3.42. The first-order valence-electron chi connectivity index (χ1n) is 13.4. The summed E-state index contributed by atoms with van der Waals surface area (Å²) in [5.74, 6) is -3.16. The van der Waals surface area contributed by atoms with Gasteiger partial charge < -0.3 is 24.4 Å². The summed E-state index contributed by atoms with van der Waals surface area (Å²) in [5, 5.41) is 17.4. The number of ether oxygens (including phenoxy) is 1. The van der Waals surface area contributed by atoms with E-state index in [0.717, 1.165) is 33.2 Å². The number of alkyl halides is 2. The van der Waals surface area contributed by atoms with E-state index in [1.54, 1.807) is 44.8 Å². The Morgan fingerprint density at radius 1 is 1.10 bits per heavy atom. The van der Waals surface area contributed by atoms with Gasteiger partial charge in [-0.3, -0.25) is 4.79 Å². The molecule has 2 aliphatic rings. The number of carbonyl (C=O) groups excluding carboxylic acids is 2. The van der Waals surface area contributed by atoms with Crippen molar-refractivity contribution in [3.05, 3.63) is 59.7 Å². The molecule has 1 amide bonds. The second-order valence-electron chi connectivity index (χ2n) is 11.5. The van der Waals surface area contributed by atoms with Crippen molar-refractivity contribution in [2.75, 3.05) is 29.9 Å². The average Bonchev–Trinajstić information content (AvgIpc) is 3.66. The monoisotopic (exact) mass is 596 g/mol. The molecule has 0 unspecified atom stereocenters. The van der Waals surface area contributed by atoms with Crippen molar-refractivity contribution in [1.29, 1.82) is 0 Å². The van der Waals surface area contributed by atoms with Gasteiger partial charge >= 0.3 is 6.09 Å². The molecule has 1 saturated heterocycles.